The van der Waals surface area contributed by atoms with Crippen LogP contribution in [0.1, 0.15) is 5.56 Å². The van der Waals surface area contributed by atoms with E-state index < -0.39 is 44.6 Å². The molecule has 0 aliphatic carbocycles. The zero-order chi connectivity index (χ0) is 32.7. The molecule has 0 aliphatic rings. The van der Waals surface area contributed by atoms with Crippen molar-refractivity contribution in [1.29, 1.82) is 0 Å². The monoisotopic (exact) mass is 650 g/mol. The molecule has 0 aliphatic heterocycles. The molecular weight excluding hydrogens is 620 g/mol. The number of nitrogens with two attached hydrogens (primary N) is 1. The minimum Gasteiger partial charge on any atom is -0.445 e. The number of rotatable bonds is 15. The fourth-order valence-corrected chi connectivity index (χ4v) is 5.49. The lowest BCUT2D eigenvalue weighted by Crippen LogP contribution is -2.47. The van der Waals surface area contributed by atoms with Gasteiger partial charge in [-0.3, -0.25) is 0 Å². The maximum absolute atomic E-state index is 14.8. The van der Waals surface area contributed by atoms with Crippen molar-refractivity contribution in [1.82, 2.24) is 5.06 Å². The van der Waals surface area contributed by atoms with Crippen LogP contribution in [0.4, 0.5) is 23.7 Å². The number of para-hydroxylation sites is 2. The first-order chi connectivity index (χ1) is 21.5. The molecule has 1 unspecified atom stereocenters. The highest BCUT2D eigenvalue weighted by atomic mass is 31.2. The first-order valence-electron chi connectivity index (χ1n) is 13.3. The third-order valence-electron chi connectivity index (χ3n) is 5.59. The molecule has 0 aromatic heterocycles. The van der Waals surface area contributed by atoms with E-state index in [-0.39, 0.29) is 43.0 Å². The van der Waals surface area contributed by atoms with Gasteiger partial charge in [-0.15, -0.1) is 11.5 Å². The standard InChI is InChI=1S/C30H30F3N2O9P/c1-2-17-39-18-19-40-20-21-41-29(37)35(42-28(36)30(31,32)33)27(22-23-13-15-24(34)16-14-23)45(38,43-25-9-5-3-6-10-25)44-26-11-7-4-8-12-26/h1,3-16,27H,17-22,34H2. The Hall–Kier alpha value is -4.70. The summed E-state index contributed by atoms with van der Waals surface area (Å²) in [6, 6.07) is 21.0. The molecule has 0 saturated carbocycles. The predicted octanol–water partition coefficient (Wildman–Crippen LogP) is 5.61. The Morgan fingerprint density at radius 2 is 1.38 bits per heavy atom. The van der Waals surface area contributed by atoms with Gasteiger partial charge in [-0.1, -0.05) is 54.5 Å². The fraction of sp³-hybridized carbons (Fsp3) is 0.267. The summed E-state index contributed by atoms with van der Waals surface area (Å²) in [5, 5.41) is -0.0884. The second kappa shape index (κ2) is 17.0. The van der Waals surface area contributed by atoms with Gasteiger partial charge >= 0.3 is 25.8 Å². The molecule has 0 heterocycles. The van der Waals surface area contributed by atoms with Crippen LogP contribution in [-0.4, -0.2) is 62.1 Å². The number of hydrogen-bond donors (Lipinski definition) is 1. The third kappa shape index (κ3) is 11.4. The van der Waals surface area contributed by atoms with Crippen molar-refractivity contribution in [2.24, 2.45) is 0 Å². The summed E-state index contributed by atoms with van der Waals surface area (Å²) in [6.07, 6.45) is -2.57. The number of nitrogens with zero attached hydrogens (tertiary/aromatic N) is 1. The van der Waals surface area contributed by atoms with Crippen LogP contribution >= 0.6 is 7.60 Å². The predicted molar refractivity (Wildman–Crippen MR) is 156 cm³/mol. The number of ether oxygens (including phenoxy) is 3. The average Bonchev–Trinajstić information content (AvgIpc) is 3.01. The molecule has 15 heteroatoms. The lowest BCUT2D eigenvalue weighted by Gasteiger charge is -2.33. The fourth-order valence-electron chi connectivity index (χ4n) is 3.55. The summed E-state index contributed by atoms with van der Waals surface area (Å²) in [6.45, 7) is -0.451. The molecule has 11 nitrogen and oxygen atoms in total. The summed E-state index contributed by atoms with van der Waals surface area (Å²) in [4.78, 5) is 29.9. The van der Waals surface area contributed by atoms with Gasteiger partial charge in [0, 0.05) is 12.1 Å². The van der Waals surface area contributed by atoms with Crippen LogP contribution in [0, 0.1) is 12.3 Å². The molecule has 0 spiro atoms. The highest BCUT2D eigenvalue weighted by molar-refractivity contribution is 7.55. The molecule has 240 valence electrons. The van der Waals surface area contributed by atoms with Crippen molar-refractivity contribution in [2.45, 2.75) is 18.4 Å². The SMILES string of the molecule is C#CCOCCOCCOC(=O)N(OC(=O)C(F)(F)F)C(Cc1ccc(N)cc1)P(=O)(Oc1ccccc1)Oc1ccccc1. The van der Waals surface area contributed by atoms with Crippen LogP contribution in [-0.2, 0) is 34.8 Å². The van der Waals surface area contributed by atoms with Gasteiger partial charge in [-0.25, -0.2) is 14.2 Å². The van der Waals surface area contributed by atoms with Crippen LogP contribution in [0.15, 0.2) is 84.9 Å². The molecule has 3 aromatic carbocycles. The number of carbonyl (C=O) groups excluding carboxylic acids is 2. The molecule has 0 saturated heterocycles. The lowest BCUT2D eigenvalue weighted by molar-refractivity contribution is -0.234. The molecule has 45 heavy (non-hydrogen) atoms. The summed E-state index contributed by atoms with van der Waals surface area (Å²) < 4.78 is 82.0. The number of hydrogen-bond acceptors (Lipinski definition) is 10. The number of alkyl halides is 3. The van der Waals surface area contributed by atoms with Gasteiger partial charge < -0.3 is 33.8 Å². The summed E-state index contributed by atoms with van der Waals surface area (Å²) in [5.41, 5.74) is 6.44. The maximum atomic E-state index is 14.8. The highest BCUT2D eigenvalue weighted by Crippen LogP contribution is 2.55. The number of hydroxylamine groups is 2. The first kappa shape index (κ1) is 34.8. The Morgan fingerprint density at radius 1 is 0.844 bits per heavy atom. The summed E-state index contributed by atoms with van der Waals surface area (Å²) in [5.74, 6) is -2.56. The normalized spacial score (nSPS) is 12.0. The lowest BCUT2D eigenvalue weighted by atomic mass is 10.1. The van der Waals surface area contributed by atoms with Gasteiger partial charge in [0.1, 0.15) is 24.7 Å². The van der Waals surface area contributed by atoms with E-state index in [0.717, 1.165) is 0 Å². The number of nitrogen functional groups attached to an aromatic ring is 1. The van der Waals surface area contributed by atoms with Crippen LogP contribution in [0.2, 0.25) is 0 Å². The summed E-state index contributed by atoms with van der Waals surface area (Å²) in [7, 11) is -4.84. The van der Waals surface area contributed by atoms with Crippen molar-refractivity contribution in [2.75, 3.05) is 38.8 Å². The average molecular weight is 651 g/mol. The van der Waals surface area contributed by atoms with Gasteiger partial charge in [-0.2, -0.15) is 13.2 Å². The number of halogens is 3. The quantitative estimate of drug-likeness (QED) is 0.0727. The van der Waals surface area contributed by atoms with Crippen LogP contribution in [0.25, 0.3) is 0 Å². The van der Waals surface area contributed by atoms with Crippen molar-refractivity contribution < 1.29 is 55.4 Å². The number of benzene rings is 3. The van der Waals surface area contributed by atoms with E-state index in [0.29, 0.717) is 11.3 Å². The second-order valence-electron chi connectivity index (χ2n) is 8.96. The Kier molecular flexibility index (Phi) is 13.1. The number of anilines is 1. The third-order valence-corrected chi connectivity index (χ3v) is 7.64. The topological polar surface area (TPSA) is 136 Å². The van der Waals surface area contributed by atoms with E-state index in [4.69, 9.17) is 35.4 Å². The van der Waals surface area contributed by atoms with E-state index in [1.807, 2.05) is 0 Å². The Labute approximate surface area is 257 Å². The molecule has 3 aromatic rings. The number of carbonyl (C=O) groups is 2. The molecule has 1 atom stereocenters. The van der Waals surface area contributed by atoms with E-state index in [9.17, 15) is 27.3 Å². The molecule has 3 rings (SSSR count). The smallest absolute Gasteiger partial charge is 0.445 e. The Balaban J connectivity index is 2.02. The number of amides is 1. The van der Waals surface area contributed by atoms with E-state index >= 15 is 0 Å². The minimum atomic E-state index is -5.55. The van der Waals surface area contributed by atoms with Crippen LogP contribution in [0.5, 0.6) is 11.5 Å². The highest BCUT2D eigenvalue weighted by Gasteiger charge is 2.52. The Bertz CT molecular complexity index is 1410. The van der Waals surface area contributed by atoms with Crippen molar-refractivity contribution in [3.8, 4) is 23.8 Å². The zero-order valence-corrected chi connectivity index (χ0v) is 24.7. The largest absolute Gasteiger partial charge is 0.493 e. The first-order valence-corrected chi connectivity index (χ1v) is 14.9. The van der Waals surface area contributed by atoms with Gasteiger partial charge in [0.2, 0.25) is 5.78 Å². The van der Waals surface area contributed by atoms with E-state index in [1.54, 1.807) is 36.4 Å². The molecule has 1 amide bonds. The molecule has 0 radical (unpaired) electrons. The second-order valence-corrected chi connectivity index (χ2v) is 11.0. The Morgan fingerprint density at radius 3 is 1.91 bits per heavy atom. The van der Waals surface area contributed by atoms with Crippen molar-refractivity contribution in [3.05, 3.63) is 90.5 Å². The van der Waals surface area contributed by atoms with Gasteiger partial charge in [0.25, 0.3) is 0 Å². The van der Waals surface area contributed by atoms with Gasteiger partial charge in [0.15, 0.2) is 0 Å². The maximum Gasteiger partial charge on any atom is 0.493 e. The van der Waals surface area contributed by atoms with Crippen molar-refractivity contribution in [3.63, 3.8) is 0 Å². The minimum absolute atomic E-state index is 0.0185. The van der Waals surface area contributed by atoms with Crippen LogP contribution in [0.3, 0.4) is 0 Å². The number of terminal acetylenes is 1. The van der Waals surface area contributed by atoms with E-state index in [2.05, 4.69) is 10.8 Å². The van der Waals surface area contributed by atoms with Crippen molar-refractivity contribution >= 4 is 25.3 Å². The molecule has 0 bridgehead atoms. The molecule has 2 N–H and O–H groups in total. The van der Waals surface area contributed by atoms with Crippen LogP contribution < -0.4 is 14.8 Å². The summed E-state index contributed by atoms with van der Waals surface area (Å²) >= 11 is 0. The molecular formula is C30H30F3N2O9P. The van der Waals surface area contributed by atoms with E-state index in [1.165, 1.54) is 48.5 Å². The molecule has 0 fully saturated rings. The van der Waals surface area contributed by atoms with Gasteiger partial charge in [0.05, 0.1) is 19.8 Å². The van der Waals surface area contributed by atoms with Gasteiger partial charge in [-0.05, 0) is 42.0 Å². The zero-order valence-electron chi connectivity index (χ0n) is 23.8.